The van der Waals surface area contributed by atoms with E-state index in [-0.39, 0.29) is 6.79 Å². The van der Waals surface area contributed by atoms with E-state index in [2.05, 4.69) is 20.5 Å². The van der Waals surface area contributed by atoms with Gasteiger partial charge in [-0.15, -0.1) is 0 Å². The van der Waals surface area contributed by atoms with Crippen LogP contribution in [0.15, 0.2) is 23.2 Å². The lowest BCUT2D eigenvalue weighted by atomic mass is 10.1. The van der Waals surface area contributed by atoms with E-state index in [1.807, 2.05) is 32.0 Å². The van der Waals surface area contributed by atoms with E-state index in [1.54, 1.807) is 0 Å². The SMILES string of the molecule is CCNC(=NCc1ccc2c(c1)OCO2)NCC(C)(O)CN1CCOCC1. The molecule has 27 heavy (non-hydrogen) atoms. The summed E-state index contributed by atoms with van der Waals surface area (Å²) in [6, 6.07) is 5.83. The Labute approximate surface area is 160 Å². The van der Waals surface area contributed by atoms with E-state index in [4.69, 9.17) is 14.2 Å². The zero-order valence-electron chi connectivity index (χ0n) is 16.2. The molecule has 1 aromatic rings. The average Bonchev–Trinajstić information content (AvgIpc) is 3.12. The van der Waals surface area contributed by atoms with Crippen molar-refractivity contribution in [3.8, 4) is 11.5 Å². The number of nitrogens with one attached hydrogen (secondary N) is 2. The molecular weight excluding hydrogens is 348 g/mol. The first kappa shape index (κ1) is 19.7. The lowest BCUT2D eigenvalue weighted by molar-refractivity contribution is -0.0201. The molecule has 2 aliphatic heterocycles. The zero-order valence-corrected chi connectivity index (χ0v) is 16.2. The maximum absolute atomic E-state index is 10.7. The fraction of sp³-hybridized carbons (Fsp3) is 0.632. The molecule has 1 unspecified atom stereocenters. The molecule has 8 nitrogen and oxygen atoms in total. The summed E-state index contributed by atoms with van der Waals surface area (Å²) in [6.07, 6.45) is 0. The van der Waals surface area contributed by atoms with Crippen LogP contribution in [0.2, 0.25) is 0 Å². The highest BCUT2D eigenvalue weighted by molar-refractivity contribution is 5.79. The summed E-state index contributed by atoms with van der Waals surface area (Å²) in [4.78, 5) is 6.84. The number of ether oxygens (including phenoxy) is 3. The minimum atomic E-state index is -0.855. The molecule has 1 fully saturated rings. The second kappa shape index (κ2) is 9.25. The van der Waals surface area contributed by atoms with Crippen molar-refractivity contribution in [2.45, 2.75) is 26.0 Å². The number of hydrogen-bond donors (Lipinski definition) is 3. The van der Waals surface area contributed by atoms with Crippen LogP contribution in [0.1, 0.15) is 19.4 Å². The molecule has 8 heteroatoms. The summed E-state index contributed by atoms with van der Waals surface area (Å²) in [6.45, 7) is 9.57. The van der Waals surface area contributed by atoms with Gasteiger partial charge in [-0.2, -0.15) is 0 Å². The van der Waals surface area contributed by atoms with Crippen LogP contribution in [-0.2, 0) is 11.3 Å². The Hall–Kier alpha value is -2.03. The smallest absolute Gasteiger partial charge is 0.231 e. The fourth-order valence-corrected chi connectivity index (χ4v) is 3.12. The molecule has 0 spiro atoms. The number of β-amino-alcohol motifs (C(OH)–C–C–N with tert-alkyl or cyclic N) is 1. The Morgan fingerprint density at radius 1 is 1.22 bits per heavy atom. The third-order valence-corrected chi connectivity index (χ3v) is 4.51. The van der Waals surface area contributed by atoms with E-state index < -0.39 is 5.60 Å². The summed E-state index contributed by atoms with van der Waals surface area (Å²) in [5, 5.41) is 17.2. The molecule has 0 bridgehead atoms. The molecule has 0 amide bonds. The Bertz CT molecular complexity index is 645. The van der Waals surface area contributed by atoms with Crippen LogP contribution in [0, 0.1) is 0 Å². The third-order valence-electron chi connectivity index (χ3n) is 4.51. The quantitative estimate of drug-likeness (QED) is 0.472. The van der Waals surface area contributed by atoms with Crippen molar-refractivity contribution < 1.29 is 19.3 Å². The lowest BCUT2D eigenvalue weighted by Gasteiger charge is -2.34. The molecule has 0 aliphatic carbocycles. The van der Waals surface area contributed by atoms with Gasteiger partial charge in [-0.1, -0.05) is 6.07 Å². The highest BCUT2D eigenvalue weighted by Gasteiger charge is 2.25. The number of nitrogens with zero attached hydrogens (tertiary/aromatic N) is 2. The van der Waals surface area contributed by atoms with Crippen LogP contribution < -0.4 is 20.1 Å². The number of rotatable bonds is 7. The highest BCUT2D eigenvalue weighted by atomic mass is 16.7. The van der Waals surface area contributed by atoms with Gasteiger partial charge in [-0.05, 0) is 31.5 Å². The van der Waals surface area contributed by atoms with Crippen molar-refractivity contribution in [1.82, 2.24) is 15.5 Å². The summed E-state index contributed by atoms with van der Waals surface area (Å²) in [5.74, 6) is 2.21. The number of fused-ring (bicyclic) bond motifs is 1. The number of morpholine rings is 1. The van der Waals surface area contributed by atoms with Crippen LogP contribution in [0.5, 0.6) is 11.5 Å². The van der Waals surface area contributed by atoms with Crippen LogP contribution in [-0.4, -0.2) is 74.3 Å². The molecule has 2 aliphatic rings. The molecule has 1 atom stereocenters. The Morgan fingerprint density at radius 3 is 2.78 bits per heavy atom. The van der Waals surface area contributed by atoms with Crippen molar-refractivity contribution in [3.63, 3.8) is 0 Å². The number of benzene rings is 1. The number of guanidine groups is 1. The fourth-order valence-electron chi connectivity index (χ4n) is 3.12. The van der Waals surface area contributed by atoms with Crippen LogP contribution in [0.3, 0.4) is 0 Å². The van der Waals surface area contributed by atoms with Gasteiger partial charge in [0, 0.05) is 32.7 Å². The minimum absolute atomic E-state index is 0.268. The minimum Gasteiger partial charge on any atom is -0.454 e. The zero-order chi connectivity index (χ0) is 19.1. The Morgan fingerprint density at radius 2 is 2.00 bits per heavy atom. The van der Waals surface area contributed by atoms with E-state index in [0.29, 0.717) is 25.6 Å². The predicted molar refractivity (Wildman–Crippen MR) is 103 cm³/mol. The van der Waals surface area contributed by atoms with Gasteiger partial charge in [0.05, 0.1) is 25.4 Å². The second-order valence-electron chi connectivity index (χ2n) is 7.12. The maximum Gasteiger partial charge on any atom is 0.231 e. The Balaban J connectivity index is 1.53. The largest absolute Gasteiger partial charge is 0.454 e. The van der Waals surface area contributed by atoms with E-state index >= 15 is 0 Å². The predicted octanol–water partition coefficient (Wildman–Crippen LogP) is 0.554. The van der Waals surface area contributed by atoms with Crippen molar-refractivity contribution in [3.05, 3.63) is 23.8 Å². The van der Waals surface area contributed by atoms with Gasteiger partial charge >= 0.3 is 0 Å². The number of aliphatic imine (C=N–C) groups is 1. The first-order chi connectivity index (χ1) is 13.1. The van der Waals surface area contributed by atoms with Gasteiger partial charge in [0.1, 0.15) is 0 Å². The van der Waals surface area contributed by atoms with E-state index in [1.165, 1.54) is 0 Å². The lowest BCUT2D eigenvalue weighted by Crippen LogP contribution is -2.52. The number of hydrogen-bond acceptors (Lipinski definition) is 6. The summed E-state index contributed by atoms with van der Waals surface area (Å²) in [7, 11) is 0. The molecular formula is C19H30N4O4. The summed E-state index contributed by atoms with van der Waals surface area (Å²) >= 11 is 0. The summed E-state index contributed by atoms with van der Waals surface area (Å²) in [5.41, 5.74) is 0.184. The molecule has 0 saturated carbocycles. The van der Waals surface area contributed by atoms with Crippen molar-refractivity contribution in [1.29, 1.82) is 0 Å². The first-order valence-corrected chi connectivity index (χ1v) is 9.49. The molecule has 1 aromatic carbocycles. The van der Waals surface area contributed by atoms with Crippen LogP contribution in [0.25, 0.3) is 0 Å². The van der Waals surface area contributed by atoms with Crippen molar-refractivity contribution >= 4 is 5.96 Å². The van der Waals surface area contributed by atoms with Gasteiger partial charge in [0.15, 0.2) is 17.5 Å². The second-order valence-corrected chi connectivity index (χ2v) is 7.12. The highest BCUT2D eigenvalue weighted by Crippen LogP contribution is 2.32. The van der Waals surface area contributed by atoms with Crippen LogP contribution >= 0.6 is 0 Å². The van der Waals surface area contributed by atoms with E-state index in [9.17, 15) is 5.11 Å². The van der Waals surface area contributed by atoms with Gasteiger partial charge in [-0.3, -0.25) is 4.90 Å². The van der Waals surface area contributed by atoms with Crippen molar-refractivity contribution in [2.24, 2.45) is 4.99 Å². The average molecular weight is 378 g/mol. The normalized spacial score (nSPS) is 19.6. The third kappa shape index (κ3) is 5.98. The molecule has 3 rings (SSSR count). The molecule has 1 saturated heterocycles. The summed E-state index contributed by atoms with van der Waals surface area (Å²) < 4.78 is 16.1. The van der Waals surface area contributed by atoms with Gasteiger partial charge in [0.25, 0.3) is 0 Å². The molecule has 2 heterocycles. The monoisotopic (exact) mass is 378 g/mol. The molecule has 0 radical (unpaired) electrons. The van der Waals surface area contributed by atoms with E-state index in [0.717, 1.165) is 49.9 Å². The molecule has 150 valence electrons. The van der Waals surface area contributed by atoms with Gasteiger partial charge in [-0.25, -0.2) is 4.99 Å². The Kier molecular flexibility index (Phi) is 6.76. The standard InChI is InChI=1S/C19H30N4O4/c1-3-20-18(21-11-15-4-5-16-17(10-15)27-14-26-16)22-12-19(2,24)13-23-6-8-25-9-7-23/h4-5,10,24H,3,6-9,11-14H2,1-2H3,(H2,20,21,22). The van der Waals surface area contributed by atoms with Crippen molar-refractivity contribution in [2.75, 3.05) is 52.7 Å². The van der Waals surface area contributed by atoms with Crippen LogP contribution in [0.4, 0.5) is 0 Å². The van der Waals surface area contributed by atoms with Gasteiger partial charge in [0.2, 0.25) is 6.79 Å². The maximum atomic E-state index is 10.7. The topological polar surface area (TPSA) is 87.6 Å². The first-order valence-electron chi connectivity index (χ1n) is 9.49. The number of aliphatic hydroxyl groups is 1. The molecule has 3 N–H and O–H groups in total. The van der Waals surface area contributed by atoms with Gasteiger partial charge < -0.3 is 30.0 Å². The molecule has 0 aromatic heterocycles.